The molecule has 2 aromatic rings. The highest BCUT2D eigenvalue weighted by Gasteiger charge is 2.12. The van der Waals surface area contributed by atoms with Gasteiger partial charge in [-0.25, -0.2) is 0 Å². The molecule has 0 aliphatic carbocycles. The van der Waals surface area contributed by atoms with E-state index in [-0.39, 0.29) is 4.99 Å². The van der Waals surface area contributed by atoms with Gasteiger partial charge in [-0.05, 0) is 56.1 Å². The van der Waals surface area contributed by atoms with Gasteiger partial charge in [-0.1, -0.05) is 36.0 Å². The van der Waals surface area contributed by atoms with Crippen molar-refractivity contribution in [2.75, 3.05) is 5.32 Å². The third-order valence-electron chi connectivity index (χ3n) is 2.48. The topological polar surface area (TPSA) is 38.0 Å². The molecule has 0 fully saturated rings. The molecule has 2 aromatic carbocycles. The van der Waals surface area contributed by atoms with Crippen molar-refractivity contribution in [2.24, 2.45) is 5.73 Å². The number of hydrogen-bond acceptors (Lipinski definition) is 2. The monoisotopic (exact) mass is 418 g/mol. The third kappa shape index (κ3) is 3.28. The molecule has 3 N–H and O–H groups in total. The van der Waals surface area contributed by atoms with Crippen molar-refractivity contribution < 1.29 is 0 Å². The molecular formula is C13H9Br2ClN2S. The Bertz CT molecular complexity index is 626. The zero-order chi connectivity index (χ0) is 14.0. The first-order valence-corrected chi connectivity index (χ1v) is 7.67. The first-order chi connectivity index (χ1) is 9.00. The molecule has 2 nitrogen and oxygen atoms in total. The quantitative estimate of drug-likeness (QED) is 0.667. The highest BCUT2D eigenvalue weighted by Crippen LogP contribution is 2.35. The van der Waals surface area contributed by atoms with Crippen LogP contribution in [0.1, 0.15) is 5.56 Å². The van der Waals surface area contributed by atoms with E-state index in [1.165, 1.54) is 0 Å². The van der Waals surface area contributed by atoms with E-state index >= 15 is 0 Å². The summed E-state index contributed by atoms with van der Waals surface area (Å²) in [5.74, 6) is 0. The summed E-state index contributed by atoms with van der Waals surface area (Å²) in [5, 5.41) is 3.81. The summed E-state index contributed by atoms with van der Waals surface area (Å²) in [6.07, 6.45) is 0. The molecule has 0 aromatic heterocycles. The minimum Gasteiger partial charge on any atom is -0.389 e. The van der Waals surface area contributed by atoms with Gasteiger partial charge in [0, 0.05) is 8.95 Å². The van der Waals surface area contributed by atoms with Crippen molar-refractivity contribution in [2.45, 2.75) is 0 Å². The summed E-state index contributed by atoms with van der Waals surface area (Å²) in [5.41, 5.74) is 8.03. The van der Waals surface area contributed by atoms with E-state index in [1.54, 1.807) is 6.07 Å². The number of benzene rings is 2. The Balaban J connectivity index is 2.50. The van der Waals surface area contributed by atoms with Gasteiger partial charge in [-0.3, -0.25) is 0 Å². The van der Waals surface area contributed by atoms with Crippen LogP contribution in [0, 0.1) is 0 Å². The zero-order valence-electron chi connectivity index (χ0n) is 9.58. The van der Waals surface area contributed by atoms with Crippen LogP contribution in [0.4, 0.5) is 11.4 Å². The first kappa shape index (κ1) is 14.8. The summed E-state index contributed by atoms with van der Waals surface area (Å²) < 4.78 is 1.85. The molecule has 19 heavy (non-hydrogen) atoms. The smallest absolute Gasteiger partial charge is 0.107 e. The molecule has 6 heteroatoms. The molecule has 0 aliphatic heterocycles. The molecule has 2 rings (SSSR count). The largest absolute Gasteiger partial charge is 0.389 e. The second-order valence-corrected chi connectivity index (χ2v) is 6.30. The van der Waals surface area contributed by atoms with Crippen LogP contribution in [-0.4, -0.2) is 4.99 Å². The Kier molecular flexibility index (Phi) is 4.84. The molecular weight excluding hydrogens is 411 g/mol. The molecule has 98 valence electrons. The maximum absolute atomic E-state index is 6.14. The lowest BCUT2D eigenvalue weighted by Crippen LogP contribution is -2.12. The van der Waals surface area contributed by atoms with Gasteiger partial charge in [0.25, 0.3) is 0 Å². The van der Waals surface area contributed by atoms with E-state index in [1.807, 2.05) is 30.3 Å². The molecule has 0 saturated carbocycles. The number of nitrogens with two attached hydrogens (primary N) is 1. The summed E-state index contributed by atoms with van der Waals surface area (Å²) >= 11 is 18.2. The molecule has 0 bridgehead atoms. The lowest BCUT2D eigenvalue weighted by atomic mass is 10.1. The van der Waals surface area contributed by atoms with Crippen molar-refractivity contribution in [3.8, 4) is 0 Å². The highest BCUT2D eigenvalue weighted by atomic mass is 79.9. The van der Waals surface area contributed by atoms with E-state index in [9.17, 15) is 0 Å². The van der Waals surface area contributed by atoms with Crippen molar-refractivity contribution >= 4 is 72.0 Å². The van der Waals surface area contributed by atoms with Crippen LogP contribution < -0.4 is 11.1 Å². The summed E-state index contributed by atoms with van der Waals surface area (Å²) in [4.78, 5) is 0.260. The van der Waals surface area contributed by atoms with Gasteiger partial charge in [0.2, 0.25) is 0 Å². The average Bonchev–Trinajstić information content (AvgIpc) is 2.33. The van der Waals surface area contributed by atoms with Crippen LogP contribution in [0.5, 0.6) is 0 Å². The minimum absolute atomic E-state index is 0.260. The second kappa shape index (κ2) is 6.22. The van der Waals surface area contributed by atoms with E-state index < -0.39 is 0 Å². The number of thiocarbonyl (C=S) groups is 1. The number of anilines is 2. The van der Waals surface area contributed by atoms with E-state index in [4.69, 9.17) is 29.6 Å². The summed E-state index contributed by atoms with van der Waals surface area (Å²) in [6.45, 7) is 0. The minimum atomic E-state index is 0.260. The average molecular weight is 421 g/mol. The summed E-state index contributed by atoms with van der Waals surface area (Å²) in [7, 11) is 0. The fourth-order valence-corrected chi connectivity index (χ4v) is 3.38. The van der Waals surface area contributed by atoms with Gasteiger partial charge in [0.15, 0.2) is 0 Å². The van der Waals surface area contributed by atoms with Gasteiger partial charge in [0.1, 0.15) is 4.99 Å². The third-order valence-corrected chi connectivity index (χ3v) is 4.32. The number of para-hydroxylation sites is 1. The molecule has 0 saturated heterocycles. The molecule has 0 aliphatic rings. The Morgan fingerprint density at radius 2 is 1.68 bits per heavy atom. The number of rotatable bonds is 3. The number of nitrogens with one attached hydrogen (secondary N) is 1. The van der Waals surface area contributed by atoms with Crippen LogP contribution >= 0.6 is 55.7 Å². The lowest BCUT2D eigenvalue weighted by Gasteiger charge is -2.15. The fourth-order valence-electron chi connectivity index (χ4n) is 1.63. The Morgan fingerprint density at radius 3 is 2.26 bits per heavy atom. The lowest BCUT2D eigenvalue weighted by molar-refractivity contribution is 1.48. The van der Waals surface area contributed by atoms with Crippen molar-refractivity contribution in [1.29, 1.82) is 0 Å². The summed E-state index contributed by atoms with van der Waals surface area (Å²) in [6, 6.07) is 11.3. The van der Waals surface area contributed by atoms with Crippen LogP contribution in [0.25, 0.3) is 0 Å². The second-order valence-electron chi connectivity index (χ2n) is 3.75. The van der Waals surface area contributed by atoms with Crippen LogP contribution in [0.2, 0.25) is 5.02 Å². The number of halogens is 3. The van der Waals surface area contributed by atoms with Crippen LogP contribution in [-0.2, 0) is 0 Å². The normalized spacial score (nSPS) is 10.3. The van der Waals surface area contributed by atoms with Gasteiger partial charge >= 0.3 is 0 Å². The molecule has 0 radical (unpaired) electrons. The Morgan fingerprint density at radius 1 is 1.11 bits per heavy atom. The predicted octanol–water partition coefficient (Wildman–Crippen LogP) is 5.24. The maximum atomic E-state index is 6.14. The predicted molar refractivity (Wildman–Crippen MR) is 92.5 cm³/mol. The SMILES string of the molecule is NC(=S)c1c(Cl)cccc1Nc1c(Br)cccc1Br. The molecule has 0 atom stereocenters. The first-order valence-electron chi connectivity index (χ1n) is 5.30. The highest BCUT2D eigenvalue weighted by molar-refractivity contribution is 9.11. The molecule has 0 amide bonds. The van der Waals surface area contributed by atoms with E-state index in [0.717, 1.165) is 20.3 Å². The van der Waals surface area contributed by atoms with Crippen LogP contribution in [0.15, 0.2) is 45.3 Å². The zero-order valence-corrected chi connectivity index (χ0v) is 14.3. The van der Waals surface area contributed by atoms with E-state index in [0.29, 0.717) is 10.6 Å². The number of hydrogen-bond donors (Lipinski definition) is 2. The standard InChI is InChI=1S/C13H9Br2ClN2S/c14-7-3-1-4-8(15)12(7)18-10-6-2-5-9(16)11(10)13(17)19/h1-6,18H,(H2,17,19). The van der Waals surface area contributed by atoms with Crippen molar-refractivity contribution in [3.63, 3.8) is 0 Å². The van der Waals surface area contributed by atoms with Crippen molar-refractivity contribution in [1.82, 2.24) is 0 Å². The van der Waals surface area contributed by atoms with Gasteiger partial charge < -0.3 is 11.1 Å². The van der Waals surface area contributed by atoms with Gasteiger partial charge in [0.05, 0.1) is 22.0 Å². The van der Waals surface area contributed by atoms with E-state index in [2.05, 4.69) is 37.2 Å². The maximum Gasteiger partial charge on any atom is 0.107 e. The Hall–Kier alpha value is -0.620. The Labute approximate surface area is 138 Å². The van der Waals surface area contributed by atoms with Gasteiger partial charge in [-0.2, -0.15) is 0 Å². The molecule has 0 heterocycles. The van der Waals surface area contributed by atoms with Crippen molar-refractivity contribution in [3.05, 3.63) is 55.9 Å². The molecule has 0 unspecified atom stereocenters. The van der Waals surface area contributed by atoms with Crippen LogP contribution in [0.3, 0.4) is 0 Å². The molecule has 0 spiro atoms. The fraction of sp³-hybridized carbons (Fsp3) is 0. The van der Waals surface area contributed by atoms with Gasteiger partial charge in [-0.15, -0.1) is 0 Å².